The number of fused-ring (bicyclic) bond motifs is 1. The summed E-state index contributed by atoms with van der Waals surface area (Å²) in [6, 6.07) is 3.62. The topological polar surface area (TPSA) is 96.8 Å². The van der Waals surface area contributed by atoms with Crippen LogP contribution in [-0.4, -0.2) is 49.9 Å². The largest absolute Gasteiger partial charge is 0.345 e. The van der Waals surface area contributed by atoms with Crippen LogP contribution in [0.15, 0.2) is 53.2 Å². The minimum Gasteiger partial charge on any atom is -0.345 e. The average Bonchev–Trinajstić information content (AvgIpc) is 3.17. The van der Waals surface area contributed by atoms with Gasteiger partial charge in [0.2, 0.25) is 5.91 Å². The van der Waals surface area contributed by atoms with Crippen LogP contribution in [0.25, 0.3) is 27.9 Å². The quantitative estimate of drug-likeness (QED) is 0.767. The molecule has 8 nitrogen and oxygen atoms in total. The van der Waals surface area contributed by atoms with Crippen LogP contribution in [0, 0.1) is 0 Å². The van der Waals surface area contributed by atoms with Crippen molar-refractivity contribution < 1.29 is 4.79 Å². The molecule has 0 saturated heterocycles. The summed E-state index contributed by atoms with van der Waals surface area (Å²) in [6.45, 7) is 0. The molecule has 136 valence electrons. The Labute approximate surface area is 154 Å². The number of hydrogen-bond acceptors (Lipinski definition) is 5. The Kier molecular flexibility index (Phi) is 4.15. The van der Waals surface area contributed by atoms with Crippen LogP contribution in [0.5, 0.6) is 0 Å². The number of carbonyl (C=O) groups is 1. The zero-order valence-corrected chi connectivity index (χ0v) is 15.0. The maximum Gasteiger partial charge on any atom is 0.258 e. The van der Waals surface area contributed by atoms with E-state index in [4.69, 9.17) is 0 Å². The third-order valence-corrected chi connectivity index (χ3v) is 4.52. The molecule has 0 atom stereocenters. The first-order valence-electron chi connectivity index (χ1n) is 8.54. The van der Waals surface area contributed by atoms with Crippen molar-refractivity contribution >= 4 is 22.5 Å². The van der Waals surface area contributed by atoms with Crippen molar-refractivity contribution in [1.82, 2.24) is 29.9 Å². The van der Waals surface area contributed by atoms with E-state index in [1.54, 1.807) is 48.3 Å². The van der Waals surface area contributed by atoms with Crippen LogP contribution in [0.1, 0.15) is 12.8 Å². The molecule has 0 saturated carbocycles. The van der Waals surface area contributed by atoms with Gasteiger partial charge in [-0.05, 0) is 31.1 Å². The highest BCUT2D eigenvalue weighted by Crippen LogP contribution is 2.24. The Morgan fingerprint density at radius 1 is 1.26 bits per heavy atom. The summed E-state index contributed by atoms with van der Waals surface area (Å²) in [5.74, 6) is 0.0155. The Morgan fingerprint density at radius 2 is 2.11 bits per heavy atom. The smallest absolute Gasteiger partial charge is 0.258 e. The van der Waals surface area contributed by atoms with Gasteiger partial charge in [-0.3, -0.25) is 14.6 Å². The van der Waals surface area contributed by atoms with Gasteiger partial charge >= 0.3 is 0 Å². The van der Waals surface area contributed by atoms with Crippen molar-refractivity contribution in [2.75, 3.05) is 14.1 Å². The number of H-pyrrole nitrogens is 1. The lowest BCUT2D eigenvalue weighted by atomic mass is 10.0. The first-order chi connectivity index (χ1) is 13.0. The second-order valence-corrected chi connectivity index (χ2v) is 6.57. The summed E-state index contributed by atoms with van der Waals surface area (Å²) >= 11 is 0. The monoisotopic (exact) mass is 362 g/mol. The van der Waals surface area contributed by atoms with Gasteiger partial charge in [-0.25, -0.2) is 4.68 Å². The molecule has 3 aromatic rings. The molecular weight excluding hydrogens is 344 g/mol. The van der Waals surface area contributed by atoms with E-state index in [2.05, 4.69) is 20.3 Å². The van der Waals surface area contributed by atoms with E-state index in [1.807, 2.05) is 18.2 Å². The fraction of sp³-hybridized carbons (Fsp3) is 0.211. The summed E-state index contributed by atoms with van der Waals surface area (Å²) in [5, 5.41) is 9.18. The Bertz CT molecular complexity index is 1150. The molecule has 8 heteroatoms. The summed E-state index contributed by atoms with van der Waals surface area (Å²) in [7, 11) is 3.48. The lowest BCUT2D eigenvalue weighted by Gasteiger charge is -2.17. The number of pyridine rings is 2. The van der Waals surface area contributed by atoms with Crippen molar-refractivity contribution in [2.45, 2.75) is 12.8 Å². The van der Waals surface area contributed by atoms with Crippen molar-refractivity contribution in [2.24, 2.45) is 0 Å². The van der Waals surface area contributed by atoms with Crippen LogP contribution in [-0.2, 0) is 4.79 Å². The normalized spacial score (nSPS) is 14.0. The number of carbonyl (C=O) groups excluding carboxylic acids is 1. The molecular formula is C19H18N6O2. The third kappa shape index (κ3) is 3.17. The number of nitrogens with zero attached hydrogens (tertiary/aromatic N) is 5. The van der Waals surface area contributed by atoms with Crippen LogP contribution < -0.4 is 5.56 Å². The van der Waals surface area contributed by atoms with Crippen LogP contribution in [0.3, 0.4) is 0 Å². The molecule has 1 aliphatic carbocycles. The SMILES string of the molecule is CN(C)C(=O)C1=CC=C(n2cc(-c3cc4ccncc4[nH]c3=O)nn2)CC1. The van der Waals surface area contributed by atoms with Crippen LogP contribution in [0.4, 0.5) is 0 Å². The molecule has 0 spiro atoms. The maximum atomic E-state index is 12.4. The first kappa shape index (κ1) is 16.9. The van der Waals surface area contributed by atoms with E-state index in [0.29, 0.717) is 29.6 Å². The fourth-order valence-electron chi connectivity index (χ4n) is 3.05. The second-order valence-electron chi connectivity index (χ2n) is 6.57. The summed E-state index contributed by atoms with van der Waals surface area (Å²) < 4.78 is 1.65. The van der Waals surface area contributed by atoms with Gasteiger partial charge in [-0.15, -0.1) is 5.10 Å². The first-order valence-corrected chi connectivity index (χ1v) is 8.54. The molecule has 27 heavy (non-hydrogen) atoms. The molecule has 1 aliphatic rings. The third-order valence-electron chi connectivity index (χ3n) is 4.52. The van der Waals surface area contributed by atoms with Crippen molar-refractivity contribution in [3.8, 4) is 11.3 Å². The molecule has 0 fully saturated rings. The lowest BCUT2D eigenvalue weighted by Crippen LogP contribution is -2.24. The molecule has 0 radical (unpaired) electrons. The van der Waals surface area contributed by atoms with Gasteiger partial charge < -0.3 is 9.88 Å². The summed E-state index contributed by atoms with van der Waals surface area (Å²) in [4.78, 5) is 32.8. The number of aromatic amines is 1. The molecule has 4 rings (SSSR count). The highest BCUT2D eigenvalue weighted by Gasteiger charge is 2.17. The Balaban J connectivity index is 1.66. The van der Waals surface area contributed by atoms with Crippen molar-refractivity contribution in [1.29, 1.82) is 0 Å². The van der Waals surface area contributed by atoms with Crippen molar-refractivity contribution in [3.63, 3.8) is 0 Å². The summed E-state index contributed by atoms with van der Waals surface area (Å²) in [6.07, 6.45) is 10.0. The zero-order valence-electron chi connectivity index (χ0n) is 15.0. The van der Waals surface area contributed by atoms with Crippen molar-refractivity contribution in [3.05, 3.63) is 58.8 Å². The Morgan fingerprint density at radius 3 is 2.85 bits per heavy atom. The number of amides is 1. The fourth-order valence-corrected chi connectivity index (χ4v) is 3.05. The second kappa shape index (κ2) is 6.64. The minimum absolute atomic E-state index is 0.0155. The molecule has 0 unspecified atom stereocenters. The highest BCUT2D eigenvalue weighted by molar-refractivity contribution is 5.94. The number of aromatic nitrogens is 5. The predicted octanol–water partition coefficient (Wildman–Crippen LogP) is 1.83. The van der Waals surface area contributed by atoms with Gasteiger partial charge in [-0.2, -0.15) is 0 Å². The van der Waals surface area contributed by atoms with Gasteiger partial charge in [0.1, 0.15) is 5.69 Å². The maximum absolute atomic E-state index is 12.4. The molecule has 0 aliphatic heterocycles. The van der Waals surface area contributed by atoms with E-state index in [9.17, 15) is 9.59 Å². The van der Waals surface area contributed by atoms with Gasteiger partial charge in [-0.1, -0.05) is 11.3 Å². The van der Waals surface area contributed by atoms with Crippen LogP contribution >= 0.6 is 0 Å². The van der Waals surface area contributed by atoms with Gasteiger partial charge in [0.05, 0.1) is 23.5 Å². The minimum atomic E-state index is -0.237. The van der Waals surface area contributed by atoms with E-state index < -0.39 is 0 Å². The molecule has 0 aromatic carbocycles. The lowest BCUT2D eigenvalue weighted by molar-refractivity contribution is -0.124. The van der Waals surface area contributed by atoms with Gasteiger partial charge in [0.15, 0.2) is 0 Å². The number of allylic oxidation sites excluding steroid dienone is 3. The Hall–Kier alpha value is -3.55. The van der Waals surface area contributed by atoms with Gasteiger partial charge in [0.25, 0.3) is 5.56 Å². The molecule has 3 aromatic heterocycles. The standard InChI is InChI=1S/C19H18N6O2/c1-24(2)19(27)12-3-5-14(6-4-12)25-11-17(22-23-25)15-9-13-7-8-20-10-16(13)21-18(15)26/h3,5,7-11H,4,6H2,1-2H3,(H,21,26). The van der Waals surface area contributed by atoms with E-state index in [1.165, 1.54) is 0 Å². The van der Waals surface area contributed by atoms with E-state index >= 15 is 0 Å². The number of hydrogen-bond donors (Lipinski definition) is 1. The number of nitrogens with one attached hydrogen (secondary N) is 1. The van der Waals surface area contributed by atoms with E-state index in [-0.39, 0.29) is 11.5 Å². The highest BCUT2D eigenvalue weighted by atomic mass is 16.2. The van der Waals surface area contributed by atoms with E-state index in [0.717, 1.165) is 16.7 Å². The zero-order chi connectivity index (χ0) is 19.0. The molecule has 0 bridgehead atoms. The van der Waals surface area contributed by atoms with Gasteiger partial charge in [0, 0.05) is 36.9 Å². The van der Waals surface area contributed by atoms with Crippen LogP contribution in [0.2, 0.25) is 0 Å². The number of likely N-dealkylation sites (N-methyl/N-ethyl adjacent to an activating group) is 1. The molecule has 1 amide bonds. The predicted molar refractivity (Wildman–Crippen MR) is 102 cm³/mol. The molecule has 3 heterocycles. The summed E-state index contributed by atoms with van der Waals surface area (Å²) in [5.41, 5.74) is 3.08. The average molecular weight is 362 g/mol. The molecule has 1 N–H and O–H groups in total. The number of rotatable bonds is 3.